The van der Waals surface area contributed by atoms with Crippen molar-refractivity contribution in [2.24, 2.45) is 0 Å². The molecule has 0 saturated heterocycles. The van der Waals surface area contributed by atoms with E-state index in [-0.39, 0.29) is 18.5 Å². The topological polar surface area (TPSA) is 96.0 Å². The van der Waals surface area contributed by atoms with Crippen molar-refractivity contribution in [3.05, 3.63) is 59.7 Å². The summed E-state index contributed by atoms with van der Waals surface area (Å²) in [6.07, 6.45) is 2.26. The van der Waals surface area contributed by atoms with Gasteiger partial charge < -0.3 is 15.0 Å². The number of benzene rings is 2. The molecule has 0 fully saturated rings. The van der Waals surface area contributed by atoms with E-state index in [1.165, 1.54) is 4.90 Å². The van der Waals surface area contributed by atoms with E-state index < -0.39 is 28.5 Å². The average molecular weight is 504 g/mol. The summed E-state index contributed by atoms with van der Waals surface area (Å²) >= 11 is 0. The lowest BCUT2D eigenvalue weighted by Gasteiger charge is -2.33. The minimum Gasteiger partial charge on any atom is -0.497 e. The molecule has 8 nitrogen and oxygen atoms in total. The van der Waals surface area contributed by atoms with Gasteiger partial charge in [0.25, 0.3) is 0 Å². The maximum atomic E-state index is 13.7. The smallest absolute Gasteiger partial charge is 0.244 e. The Kier molecular flexibility index (Phi) is 10.1. The summed E-state index contributed by atoms with van der Waals surface area (Å²) in [5.41, 5.74) is 2.23. The van der Waals surface area contributed by atoms with Crippen molar-refractivity contribution >= 4 is 27.5 Å². The van der Waals surface area contributed by atoms with Crippen LogP contribution < -0.4 is 14.4 Å². The average Bonchev–Trinajstić information content (AvgIpc) is 2.81. The van der Waals surface area contributed by atoms with Crippen LogP contribution in [0.3, 0.4) is 0 Å². The van der Waals surface area contributed by atoms with E-state index in [0.717, 1.165) is 28.1 Å². The zero-order valence-electron chi connectivity index (χ0n) is 21.4. The van der Waals surface area contributed by atoms with Gasteiger partial charge in [0.05, 0.1) is 19.1 Å². The summed E-state index contributed by atoms with van der Waals surface area (Å²) in [5.74, 6) is -0.121. The quantitative estimate of drug-likeness (QED) is 0.479. The Morgan fingerprint density at radius 3 is 2.20 bits per heavy atom. The molecule has 0 aliphatic rings. The normalized spacial score (nSPS) is 12.2. The predicted molar refractivity (Wildman–Crippen MR) is 139 cm³/mol. The summed E-state index contributed by atoms with van der Waals surface area (Å²) in [6, 6.07) is 13.5. The minimum atomic E-state index is -3.76. The van der Waals surface area contributed by atoms with Crippen LogP contribution in [0.5, 0.6) is 5.75 Å². The Morgan fingerprint density at radius 2 is 1.69 bits per heavy atom. The van der Waals surface area contributed by atoms with Gasteiger partial charge in [0.2, 0.25) is 21.8 Å². The molecular weight excluding hydrogens is 466 g/mol. The van der Waals surface area contributed by atoms with Crippen LogP contribution in [0.1, 0.15) is 45.2 Å². The molecule has 2 aromatic rings. The molecule has 0 bridgehead atoms. The first-order valence-corrected chi connectivity index (χ1v) is 13.6. The zero-order valence-corrected chi connectivity index (χ0v) is 22.3. The molecule has 0 heterocycles. The highest BCUT2D eigenvalue weighted by molar-refractivity contribution is 7.92. The van der Waals surface area contributed by atoms with Gasteiger partial charge in [-0.3, -0.25) is 13.9 Å². The van der Waals surface area contributed by atoms with Gasteiger partial charge in [0, 0.05) is 12.6 Å². The predicted octanol–water partition coefficient (Wildman–Crippen LogP) is 3.36. The highest BCUT2D eigenvalue weighted by Crippen LogP contribution is 2.21. The van der Waals surface area contributed by atoms with Crippen molar-refractivity contribution in [3.8, 4) is 5.75 Å². The van der Waals surface area contributed by atoms with Crippen LogP contribution in [-0.4, -0.2) is 57.1 Å². The molecule has 0 aliphatic heterocycles. The summed E-state index contributed by atoms with van der Waals surface area (Å²) in [4.78, 5) is 28.1. The van der Waals surface area contributed by atoms with Gasteiger partial charge in [0.15, 0.2) is 0 Å². The number of nitrogens with one attached hydrogen (secondary N) is 1. The van der Waals surface area contributed by atoms with E-state index in [1.807, 2.05) is 52.0 Å². The molecule has 0 unspecified atom stereocenters. The Labute approximate surface area is 209 Å². The van der Waals surface area contributed by atoms with E-state index in [2.05, 4.69) is 5.32 Å². The number of rotatable bonds is 12. The van der Waals surface area contributed by atoms with Crippen LogP contribution >= 0.6 is 0 Å². The second-order valence-corrected chi connectivity index (χ2v) is 10.7. The van der Waals surface area contributed by atoms with Crippen molar-refractivity contribution in [2.75, 3.05) is 24.2 Å². The molecule has 2 amide bonds. The summed E-state index contributed by atoms with van der Waals surface area (Å²) in [5, 5.41) is 2.88. The number of hydrogen-bond acceptors (Lipinski definition) is 5. The minimum absolute atomic E-state index is 0.102. The van der Waals surface area contributed by atoms with Crippen LogP contribution in [0, 0.1) is 0 Å². The fourth-order valence-corrected chi connectivity index (χ4v) is 4.63. The molecule has 2 aromatic carbocycles. The molecule has 9 heteroatoms. The van der Waals surface area contributed by atoms with Crippen LogP contribution in [-0.2, 0) is 32.6 Å². The number of sulfonamides is 1. The third-order valence-electron chi connectivity index (χ3n) is 5.62. The zero-order chi connectivity index (χ0) is 26.2. The van der Waals surface area contributed by atoms with Crippen molar-refractivity contribution in [2.45, 2.75) is 59.2 Å². The first-order valence-electron chi connectivity index (χ1n) is 11.8. The van der Waals surface area contributed by atoms with Crippen LogP contribution in [0.25, 0.3) is 0 Å². The second-order valence-electron chi connectivity index (χ2n) is 8.75. The second kappa shape index (κ2) is 12.6. The number of anilines is 1. The highest BCUT2D eigenvalue weighted by Gasteiger charge is 2.32. The van der Waals surface area contributed by atoms with E-state index in [1.54, 1.807) is 31.4 Å². The third-order valence-corrected chi connectivity index (χ3v) is 6.76. The van der Waals surface area contributed by atoms with Gasteiger partial charge in [-0.1, -0.05) is 38.1 Å². The first-order chi connectivity index (χ1) is 16.5. The molecule has 192 valence electrons. The molecule has 0 aliphatic carbocycles. The van der Waals surface area contributed by atoms with Gasteiger partial charge >= 0.3 is 0 Å². The van der Waals surface area contributed by atoms with Gasteiger partial charge in [-0.05, 0) is 62.1 Å². The molecule has 1 atom stereocenters. The number of aryl methyl sites for hydroxylation is 1. The van der Waals surface area contributed by atoms with Crippen LogP contribution in [0.4, 0.5) is 5.69 Å². The number of carbonyl (C=O) groups excluding carboxylic acids is 2. The van der Waals surface area contributed by atoms with Gasteiger partial charge in [-0.25, -0.2) is 8.42 Å². The van der Waals surface area contributed by atoms with Crippen molar-refractivity contribution in [1.82, 2.24) is 10.2 Å². The number of nitrogens with zero attached hydrogens (tertiary/aromatic N) is 2. The third kappa shape index (κ3) is 7.99. The first kappa shape index (κ1) is 28.2. The SMILES string of the molecule is CCc1ccc(N(CC(=O)N(Cc2cccc(OC)c2)[C@@H](CC)C(=O)NC(C)C)S(C)(=O)=O)cc1. The summed E-state index contributed by atoms with van der Waals surface area (Å²) < 4.78 is 31.7. The molecule has 0 radical (unpaired) electrons. The molecular formula is C26H37N3O5S. The van der Waals surface area contributed by atoms with E-state index in [4.69, 9.17) is 4.74 Å². The van der Waals surface area contributed by atoms with Gasteiger partial charge in [0.1, 0.15) is 18.3 Å². The Morgan fingerprint density at radius 1 is 1.03 bits per heavy atom. The standard InChI is InChI=1S/C26H37N3O5S/c1-7-20-12-14-22(15-13-20)29(35(6,32)33)18-25(30)28(24(8-2)26(31)27-19(3)4)17-21-10-9-11-23(16-21)34-5/h9-16,19,24H,7-8,17-18H2,1-6H3,(H,27,31)/t24-/m0/s1. The van der Waals surface area contributed by atoms with E-state index in [0.29, 0.717) is 17.9 Å². The maximum absolute atomic E-state index is 13.7. The maximum Gasteiger partial charge on any atom is 0.244 e. The lowest BCUT2D eigenvalue weighted by atomic mass is 10.1. The molecule has 2 rings (SSSR count). The van der Waals surface area contributed by atoms with Crippen molar-refractivity contribution in [1.29, 1.82) is 0 Å². The van der Waals surface area contributed by atoms with Crippen molar-refractivity contribution < 1.29 is 22.7 Å². The van der Waals surface area contributed by atoms with Gasteiger partial charge in [-0.2, -0.15) is 0 Å². The van der Waals surface area contributed by atoms with Gasteiger partial charge in [-0.15, -0.1) is 0 Å². The highest BCUT2D eigenvalue weighted by atomic mass is 32.2. The fourth-order valence-electron chi connectivity index (χ4n) is 3.78. The number of methoxy groups -OCH3 is 1. The number of ether oxygens (including phenoxy) is 1. The number of carbonyl (C=O) groups is 2. The largest absolute Gasteiger partial charge is 0.497 e. The lowest BCUT2D eigenvalue weighted by Crippen LogP contribution is -2.53. The Hall–Kier alpha value is -3.07. The monoisotopic (exact) mass is 503 g/mol. The molecule has 35 heavy (non-hydrogen) atoms. The summed E-state index contributed by atoms with van der Waals surface area (Å²) in [7, 11) is -2.20. The molecule has 0 spiro atoms. The molecule has 1 N–H and O–H groups in total. The fraction of sp³-hybridized carbons (Fsp3) is 0.462. The van der Waals surface area contributed by atoms with E-state index >= 15 is 0 Å². The van der Waals surface area contributed by atoms with Crippen LogP contribution in [0.2, 0.25) is 0 Å². The molecule has 0 saturated carbocycles. The Balaban J connectivity index is 2.44. The Bertz CT molecular complexity index is 1100. The molecule has 0 aromatic heterocycles. The van der Waals surface area contributed by atoms with Crippen molar-refractivity contribution in [3.63, 3.8) is 0 Å². The number of amides is 2. The summed E-state index contributed by atoms with van der Waals surface area (Å²) in [6.45, 7) is 7.26. The lowest BCUT2D eigenvalue weighted by molar-refractivity contribution is -0.140. The van der Waals surface area contributed by atoms with Crippen LogP contribution in [0.15, 0.2) is 48.5 Å². The van der Waals surface area contributed by atoms with E-state index in [9.17, 15) is 18.0 Å². The number of hydrogen-bond donors (Lipinski definition) is 1.